The number of hydrogen-bond donors (Lipinski definition) is 2. The van der Waals surface area contributed by atoms with E-state index in [1.165, 1.54) is 0 Å². The zero-order chi connectivity index (χ0) is 18.8. The summed E-state index contributed by atoms with van der Waals surface area (Å²) in [5.74, 6) is 1.71. The van der Waals surface area contributed by atoms with Gasteiger partial charge in [0.05, 0.1) is 11.5 Å². The second kappa shape index (κ2) is 7.74. The smallest absolute Gasteiger partial charge is 0.220 e. The molecule has 0 radical (unpaired) electrons. The first kappa shape index (κ1) is 19.5. The van der Waals surface area contributed by atoms with Crippen LogP contribution in [0.15, 0.2) is 4.99 Å². The molecule has 3 aliphatic rings. The molecule has 1 spiro atoms. The average Bonchev–Trinajstić information content (AvgIpc) is 3.13. The molecule has 0 saturated carbocycles. The fourth-order valence-corrected chi connectivity index (χ4v) is 6.07. The van der Waals surface area contributed by atoms with Gasteiger partial charge in [0, 0.05) is 44.1 Å². The van der Waals surface area contributed by atoms with Crippen molar-refractivity contribution in [3.63, 3.8) is 0 Å². The van der Waals surface area contributed by atoms with Crippen LogP contribution in [0.5, 0.6) is 0 Å². The number of sulfone groups is 1. The molecule has 0 aromatic heterocycles. The quantitative estimate of drug-likeness (QED) is 0.552. The van der Waals surface area contributed by atoms with Crippen LogP contribution in [-0.4, -0.2) is 68.9 Å². The summed E-state index contributed by atoms with van der Waals surface area (Å²) >= 11 is 0. The minimum atomic E-state index is -2.87. The van der Waals surface area contributed by atoms with E-state index in [4.69, 9.17) is 4.99 Å². The van der Waals surface area contributed by atoms with Crippen molar-refractivity contribution in [1.29, 1.82) is 0 Å². The van der Waals surface area contributed by atoms with Crippen LogP contribution < -0.4 is 10.6 Å². The number of carbonyl (C=O) groups excluding carboxylic acids is 1. The number of hydrogen-bond acceptors (Lipinski definition) is 4. The van der Waals surface area contributed by atoms with Crippen molar-refractivity contribution in [2.75, 3.05) is 37.7 Å². The number of nitrogens with zero attached hydrogens (tertiary/aromatic N) is 2. The van der Waals surface area contributed by atoms with Gasteiger partial charge >= 0.3 is 0 Å². The van der Waals surface area contributed by atoms with Crippen molar-refractivity contribution in [1.82, 2.24) is 15.5 Å². The SMILES string of the molecule is CCC(C)NC(=NCC1CCS(=O)(=O)C1)N1CCCC2(CNC(=O)C2)C1. The Kier molecular flexibility index (Phi) is 5.79. The van der Waals surface area contributed by atoms with E-state index in [1.54, 1.807) is 0 Å². The Balaban J connectivity index is 1.70. The maximum absolute atomic E-state index is 11.7. The van der Waals surface area contributed by atoms with E-state index in [-0.39, 0.29) is 23.0 Å². The molecule has 3 unspecified atom stereocenters. The summed E-state index contributed by atoms with van der Waals surface area (Å²) in [5, 5.41) is 6.50. The van der Waals surface area contributed by atoms with E-state index >= 15 is 0 Å². The maximum atomic E-state index is 11.7. The van der Waals surface area contributed by atoms with Gasteiger partial charge < -0.3 is 15.5 Å². The molecule has 0 aromatic rings. The van der Waals surface area contributed by atoms with Crippen molar-refractivity contribution >= 4 is 21.7 Å². The Hall–Kier alpha value is -1.31. The number of carbonyl (C=O) groups is 1. The lowest BCUT2D eigenvalue weighted by Crippen LogP contribution is -2.53. The largest absolute Gasteiger partial charge is 0.355 e. The Bertz CT molecular complexity index is 663. The molecule has 8 heteroatoms. The average molecular weight is 385 g/mol. The van der Waals surface area contributed by atoms with Crippen LogP contribution in [0.3, 0.4) is 0 Å². The Morgan fingerprint density at radius 1 is 1.50 bits per heavy atom. The lowest BCUT2D eigenvalue weighted by Gasteiger charge is -2.41. The summed E-state index contributed by atoms with van der Waals surface area (Å²) in [6, 6.07) is 0.308. The molecule has 0 aromatic carbocycles. The monoisotopic (exact) mass is 384 g/mol. The van der Waals surface area contributed by atoms with Crippen molar-refractivity contribution in [3.8, 4) is 0 Å². The third-order valence-electron chi connectivity index (χ3n) is 5.97. The van der Waals surface area contributed by atoms with Gasteiger partial charge in [-0.1, -0.05) is 6.92 Å². The predicted octanol–water partition coefficient (Wildman–Crippen LogP) is 0.767. The molecule has 7 nitrogen and oxygen atoms in total. The fraction of sp³-hybridized carbons (Fsp3) is 0.889. The Labute approximate surface area is 156 Å². The van der Waals surface area contributed by atoms with Gasteiger partial charge in [-0.2, -0.15) is 0 Å². The summed E-state index contributed by atoms with van der Waals surface area (Å²) < 4.78 is 23.4. The van der Waals surface area contributed by atoms with Crippen LogP contribution in [0.4, 0.5) is 0 Å². The van der Waals surface area contributed by atoms with Crippen LogP contribution in [0.2, 0.25) is 0 Å². The normalized spacial score (nSPS) is 32.7. The molecule has 3 saturated heterocycles. The summed E-state index contributed by atoms with van der Waals surface area (Å²) in [6.07, 6.45) is 4.43. The number of nitrogens with one attached hydrogen (secondary N) is 2. The molecular formula is C18H32N4O3S. The zero-order valence-electron chi connectivity index (χ0n) is 16.0. The number of likely N-dealkylation sites (tertiary alicyclic amines) is 1. The van der Waals surface area contributed by atoms with Gasteiger partial charge in [-0.15, -0.1) is 0 Å². The molecule has 3 rings (SSSR count). The molecule has 148 valence electrons. The van der Waals surface area contributed by atoms with Gasteiger partial charge in [-0.3, -0.25) is 9.79 Å². The Morgan fingerprint density at radius 3 is 2.92 bits per heavy atom. The molecule has 3 heterocycles. The topological polar surface area (TPSA) is 90.9 Å². The zero-order valence-corrected chi connectivity index (χ0v) is 16.8. The molecule has 1 amide bonds. The van der Waals surface area contributed by atoms with Gasteiger partial charge in [-0.25, -0.2) is 8.42 Å². The first-order valence-corrected chi connectivity index (χ1v) is 11.7. The van der Waals surface area contributed by atoms with Gasteiger partial charge in [0.1, 0.15) is 0 Å². The molecular weight excluding hydrogens is 352 g/mol. The van der Waals surface area contributed by atoms with Crippen molar-refractivity contribution in [2.45, 2.75) is 52.0 Å². The van der Waals surface area contributed by atoms with Crippen LogP contribution >= 0.6 is 0 Å². The van der Waals surface area contributed by atoms with Crippen LogP contribution in [0.25, 0.3) is 0 Å². The van der Waals surface area contributed by atoms with Gasteiger partial charge in [0.2, 0.25) is 5.91 Å². The number of amides is 1. The number of guanidine groups is 1. The third-order valence-corrected chi connectivity index (χ3v) is 7.81. The highest BCUT2D eigenvalue weighted by atomic mass is 32.2. The van der Waals surface area contributed by atoms with E-state index in [2.05, 4.69) is 29.4 Å². The van der Waals surface area contributed by atoms with Crippen LogP contribution in [0, 0.1) is 11.3 Å². The van der Waals surface area contributed by atoms with E-state index < -0.39 is 9.84 Å². The van der Waals surface area contributed by atoms with Gasteiger partial charge in [0.15, 0.2) is 15.8 Å². The Morgan fingerprint density at radius 2 is 2.31 bits per heavy atom. The third kappa shape index (κ3) is 4.69. The van der Waals surface area contributed by atoms with Crippen LogP contribution in [-0.2, 0) is 14.6 Å². The van der Waals surface area contributed by atoms with E-state index in [0.717, 1.165) is 44.9 Å². The van der Waals surface area contributed by atoms with Crippen molar-refractivity contribution < 1.29 is 13.2 Å². The first-order valence-electron chi connectivity index (χ1n) is 9.84. The minimum Gasteiger partial charge on any atom is -0.355 e. The standard InChI is InChI=1S/C18H32N4O3S/c1-3-14(2)21-17(19-10-15-5-8-26(24,25)11-15)22-7-4-6-18(13-22)9-16(23)20-12-18/h14-15H,3-13H2,1-2H3,(H,19,21)(H,20,23). The summed E-state index contributed by atoms with van der Waals surface area (Å²) in [4.78, 5) is 18.8. The molecule has 3 atom stereocenters. The fourth-order valence-electron chi connectivity index (χ4n) is 4.22. The van der Waals surface area contributed by atoms with Gasteiger partial charge in [0.25, 0.3) is 0 Å². The predicted molar refractivity (Wildman–Crippen MR) is 103 cm³/mol. The molecule has 2 N–H and O–H groups in total. The highest BCUT2D eigenvalue weighted by molar-refractivity contribution is 7.91. The summed E-state index contributed by atoms with van der Waals surface area (Å²) in [5.41, 5.74) is 0.0178. The molecule has 3 aliphatic heterocycles. The lowest BCUT2D eigenvalue weighted by atomic mass is 9.79. The van der Waals surface area contributed by atoms with Crippen LogP contribution in [0.1, 0.15) is 46.0 Å². The lowest BCUT2D eigenvalue weighted by molar-refractivity contribution is -0.119. The number of rotatable bonds is 4. The van der Waals surface area contributed by atoms with E-state index in [0.29, 0.717) is 31.2 Å². The summed E-state index contributed by atoms with van der Waals surface area (Å²) in [7, 11) is -2.87. The summed E-state index contributed by atoms with van der Waals surface area (Å²) in [6.45, 7) is 7.34. The molecule has 0 aliphatic carbocycles. The highest BCUT2D eigenvalue weighted by Crippen LogP contribution is 2.36. The van der Waals surface area contributed by atoms with Gasteiger partial charge in [-0.05, 0) is 38.5 Å². The van der Waals surface area contributed by atoms with Crippen molar-refractivity contribution in [3.05, 3.63) is 0 Å². The second-order valence-electron chi connectivity index (χ2n) is 8.37. The van der Waals surface area contributed by atoms with E-state index in [9.17, 15) is 13.2 Å². The second-order valence-corrected chi connectivity index (χ2v) is 10.6. The maximum Gasteiger partial charge on any atom is 0.220 e. The molecule has 0 bridgehead atoms. The molecule has 26 heavy (non-hydrogen) atoms. The van der Waals surface area contributed by atoms with Crippen molar-refractivity contribution in [2.24, 2.45) is 16.3 Å². The minimum absolute atomic E-state index is 0.0178. The highest BCUT2D eigenvalue weighted by Gasteiger charge is 2.42. The van der Waals surface area contributed by atoms with E-state index in [1.807, 2.05) is 0 Å². The first-order chi connectivity index (χ1) is 12.3. The molecule has 3 fully saturated rings. The number of aliphatic imine (C=N–C) groups is 1. The number of piperidine rings is 1.